The van der Waals surface area contributed by atoms with Gasteiger partial charge < -0.3 is 26.6 Å². The van der Waals surface area contributed by atoms with Crippen LogP contribution in [0.1, 0.15) is 30.4 Å². The lowest BCUT2D eigenvalue weighted by atomic mass is 9.96. The van der Waals surface area contributed by atoms with Gasteiger partial charge in [0.2, 0.25) is 11.8 Å². The molecule has 0 bridgehead atoms. The second-order valence-corrected chi connectivity index (χ2v) is 8.03. The summed E-state index contributed by atoms with van der Waals surface area (Å²) < 4.78 is 0. The molecule has 0 radical (unpaired) electrons. The average molecular weight is 476 g/mol. The Balaban J connectivity index is 2.16. The summed E-state index contributed by atoms with van der Waals surface area (Å²) in [6.45, 7) is 0.461. The molecule has 2 aromatic rings. The highest BCUT2D eigenvalue weighted by Crippen LogP contribution is 2.23. The van der Waals surface area contributed by atoms with E-state index in [1.807, 2.05) is 12.1 Å². The van der Waals surface area contributed by atoms with Crippen LogP contribution in [0, 0.1) is 0 Å². The molecule has 178 valence electrons. The van der Waals surface area contributed by atoms with E-state index < -0.39 is 35.8 Å². The Morgan fingerprint density at radius 1 is 0.818 bits per heavy atom. The number of carboxylic acid groups (broad SMARTS) is 2. The van der Waals surface area contributed by atoms with E-state index in [0.29, 0.717) is 36.9 Å². The molecule has 0 spiro atoms. The summed E-state index contributed by atoms with van der Waals surface area (Å²) >= 11 is 3.94. The van der Waals surface area contributed by atoms with Gasteiger partial charge in [0.1, 0.15) is 12.1 Å². The predicted molar refractivity (Wildman–Crippen MR) is 127 cm³/mol. The number of hydrogen-bond donors (Lipinski definition) is 6. The lowest BCUT2D eigenvalue weighted by Crippen LogP contribution is -2.42. The first kappa shape index (κ1) is 26.1. The first-order chi connectivity index (χ1) is 15.8. The summed E-state index contributed by atoms with van der Waals surface area (Å²) in [7, 11) is 0. The number of amides is 2. The number of carboxylic acids is 2. The third-order valence-electron chi connectivity index (χ3n) is 5.20. The maximum atomic E-state index is 12.6. The molecule has 2 aromatic carbocycles. The summed E-state index contributed by atoms with van der Waals surface area (Å²) in [6, 6.07) is 8.64. The van der Waals surface area contributed by atoms with Gasteiger partial charge in [-0.15, -0.1) is 0 Å². The van der Waals surface area contributed by atoms with Gasteiger partial charge in [-0.2, -0.15) is 12.6 Å². The largest absolute Gasteiger partial charge is 0.480 e. The zero-order valence-electron chi connectivity index (χ0n) is 18.1. The fourth-order valence-corrected chi connectivity index (χ4v) is 3.77. The Hall–Kier alpha value is -3.11. The van der Waals surface area contributed by atoms with Crippen LogP contribution in [0.25, 0.3) is 10.8 Å². The molecule has 2 rings (SSSR count). The molecule has 10 heteroatoms. The van der Waals surface area contributed by atoms with Crippen molar-refractivity contribution in [3.63, 3.8) is 0 Å². The monoisotopic (exact) mass is 475 g/mol. The number of hydrogen-bond acceptors (Lipinski definition) is 6. The van der Waals surface area contributed by atoms with Crippen LogP contribution < -0.4 is 16.4 Å². The van der Waals surface area contributed by atoms with E-state index in [1.165, 1.54) is 0 Å². The number of benzene rings is 2. The summed E-state index contributed by atoms with van der Waals surface area (Å²) in [6.07, 6.45) is 1.53. The Labute approximate surface area is 197 Å². The van der Waals surface area contributed by atoms with Crippen LogP contribution in [0.2, 0.25) is 0 Å². The second kappa shape index (κ2) is 12.8. The number of nitrogens with one attached hydrogen (secondary N) is 2. The number of rotatable bonds is 13. The van der Waals surface area contributed by atoms with Gasteiger partial charge in [-0.3, -0.25) is 9.59 Å². The van der Waals surface area contributed by atoms with E-state index in [4.69, 9.17) is 10.8 Å². The van der Waals surface area contributed by atoms with Gasteiger partial charge in [0, 0.05) is 5.75 Å². The van der Waals surface area contributed by atoms with E-state index in [1.54, 1.807) is 24.3 Å². The minimum Gasteiger partial charge on any atom is -0.480 e. The lowest BCUT2D eigenvalue weighted by molar-refractivity contribution is -0.142. The standard InChI is InChI=1S/C23H29N3O6S/c24-10-2-1-9-18(22(29)30)25-20(27)11-14-5-3-8-17-15(6-4-7-16(14)17)12-21(28)26-19(13-33)23(31)32/h3-8,18-19,33H,1-2,9-13,24H2,(H,25,27)(H,26,28)(H,29,30)(H,31,32)/t18-,19?/m0/s1. The van der Waals surface area contributed by atoms with Crippen LogP contribution >= 0.6 is 12.6 Å². The Bertz CT molecular complexity index is 1010. The molecule has 0 aliphatic heterocycles. The number of fused-ring (bicyclic) bond motifs is 1. The molecular formula is C23H29N3O6S. The molecule has 0 aromatic heterocycles. The quantitative estimate of drug-likeness (QED) is 0.187. The number of unbranched alkanes of at least 4 members (excludes halogenated alkanes) is 1. The van der Waals surface area contributed by atoms with Crippen molar-refractivity contribution in [2.75, 3.05) is 12.3 Å². The molecule has 9 nitrogen and oxygen atoms in total. The molecule has 0 aliphatic carbocycles. The van der Waals surface area contributed by atoms with Crippen LogP contribution in [-0.4, -0.2) is 58.3 Å². The van der Waals surface area contributed by atoms with Crippen LogP contribution in [0.4, 0.5) is 0 Å². The summed E-state index contributed by atoms with van der Waals surface area (Å²) in [5, 5.41) is 25.0. The zero-order valence-corrected chi connectivity index (χ0v) is 19.0. The van der Waals surface area contributed by atoms with Crippen molar-refractivity contribution in [1.29, 1.82) is 0 Å². The first-order valence-electron chi connectivity index (χ1n) is 10.6. The molecule has 33 heavy (non-hydrogen) atoms. The van der Waals surface area contributed by atoms with E-state index >= 15 is 0 Å². The molecular weight excluding hydrogens is 446 g/mol. The van der Waals surface area contributed by atoms with E-state index in [2.05, 4.69) is 23.3 Å². The van der Waals surface area contributed by atoms with Gasteiger partial charge in [0.15, 0.2) is 0 Å². The SMILES string of the molecule is NCCCC[C@H](NC(=O)Cc1cccc2c(CC(=O)NC(CS)C(=O)O)cccc12)C(=O)O. The van der Waals surface area contributed by atoms with Crippen molar-refractivity contribution in [3.8, 4) is 0 Å². The fourth-order valence-electron chi connectivity index (χ4n) is 3.52. The zero-order chi connectivity index (χ0) is 24.4. The van der Waals surface area contributed by atoms with Gasteiger partial charge in [0.05, 0.1) is 12.8 Å². The van der Waals surface area contributed by atoms with Crippen molar-refractivity contribution in [3.05, 3.63) is 47.5 Å². The van der Waals surface area contributed by atoms with Crippen molar-refractivity contribution in [2.24, 2.45) is 5.73 Å². The Morgan fingerprint density at radius 2 is 1.30 bits per heavy atom. The van der Waals surface area contributed by atoms with Gasteiger partial charge in [-0.1, -0.05) is 36.4 Å². The average Bonchev–Trinajstić information content (AvgIpc) is 2.77. The molecule has 0 aliphatic rings. The third-order valence-corrected chi connectivity index (χ3v) is 5.57. The molecule has 0 fully saturated rings. The third kappa shape index (κ3) is 7.76. The Kier molecular flexibility index (Phi) is 10.1. The smallest absolute Gasteiger partial charge is 0.327 e. The summed E-state index contributed by atoms with van der Waals surface area (Å²) in [5.41, 5.74) is 6.82. The summed E-state index contributed by atoms with van der Waals surface area (Å²) in [4.78, 5) is 47.5. The van der Waals surface area contributed by atoms with Crippen LogP contribution in [0.15, 0.2) is 36.4 Å². The topological polar surface area (TPSA) is 159 Å². The maximum absolute atomic E-state index is 12.6. The number of carbonyl (C=O) groups is 4. The second-order valence-electron chi connectivity index (χ2n) is 7.67. The fraction of sp³-hybridized carbons (Fsp3) is 0.391. The lowest BCUT2D eigenvalue weighted by Gasteiger charge is -2.16. The van der Waals surface area contributed by atoms with Crippen molar-refractivity contribution in [1.82, 2.24) is 10.6 Å². The van der Waals surface area contributed by atoms with Crippen molar-refractivity contribution >= 4 is 47.2 Å². The molecule has 0 saturated heterocycles. The van der Waals surface area contributed by atoms with E-state index in [0.717, 1.165) is 10.8 Å². The minimum absolute atomic E-state index is 0.0194. The minimum atomic E-state index is -1.16. The number of nitrogens with two attached hydrogens (primary N) is 1. The van der Waals surface area contributed by atoms with Gasteiger partial charge in [-0.25, -0.2) is 9.59 Å². The highest BCUT2D eigenvalue weighted by Gasteiger charge is 2.21. The molecule has 0 heterocycles. The molecule has 2 atom stereocenters. The highest BCUT2D eigenvalue weighted by molar-refractivity contribution is 7.80. The molecule has 1 unspecified atom stereocenters. The van der Waals surface area contributed by atoms with Gasteiger partial charge in [0.25, 0.3) is 0 Å². The first-order valence-corrected chi connectivity index (χ1v) is 11.2. The number of thiol groups is 1. The highest BCUT2D eigenvalue weighted by atomic mass is 32.1. The maximum Gasteiger partial charge on any atom is 0.327 e. The number of carbonyl (C=O) groups excluding carboxylic acids is 2. The summed E-state index contributed by atoms with van der Waals surface area (Å²) in [5.74, 6) is -3.14. The van der Waals surface area contributed by atoms with Crippen LogP contribution in [-0.2, 0) is 32.0 Å². The van der Waals surface area contributed by atoms with Crippen LogP contribution in [0.3, 0.4) is 0 Å². The van der Waals surface area contributed by atoms with Crippen molar-refractivity contribution < 1.29 is 29.4 Å². The van der Waals surface area contributed by atoms with Gasteiger partial charge >= 0.3 is 11.9 Å². The van der Waals surface area contributed by atoms with E-state index in [9.17, 15) is 24.3 Å². The van der Waals surface area contributed by atoms with Gasteiger partial charge in [-0.05, 0) is 47.7 Å². The predicted octanol–water partition coefficient (Wildman–Crippen LogP) is 1.12. The van der Waals surface area contributed by atoms with Crippen LogP contribution in [0.5, 0.6) is 0 Å². The Morgan fingerprint density at radius 3 is 1.73 bits per heavy atom. The normalized spacial score (nSPS) is 12.7. The molecule has 6 N–H and O–H groups in total. The number of aliphatic carboxylic acids is 2. The van der Waals surface area contributed by atoms with E-state index in [-0.39, 0.29) is 18.6 Å². The molecule has 2 amide bonds. The van der Waals surface area contributed by atoms with Crippen molar-refractivity contribution in [2.45, 2.75) is 44.2 Å². The molecule has 0 saturated carbocycles.